The topological polar surface area (TPSA) is 87.7 Å². The molecule has 0 aliphatic carbocycles. The molecule has 0 spiro atoms. The number of carboxylic acid groups (broad SMARTS) is 1. The highest BCUT2D eigenvalue weighted by molar-refractivity contribution is 5.73. The Balaban J connectivity index is 3.54. The van der Waals surface area contributed by atoms with Crippen LogP contribution in [-0.4, -0.2) is 30.3 Å². The average Bonchev–Trinajstić information content (AvgIpc) is 1.99. The molecule has 0 aromatic heterocycles. The fourth-order valence-corrected chi connectivity index (χ4v) is 0.280. The Morgan fingerprint density at radius 1 is 1.55 bits per heavy atom. The lowest BCUT2D eigenvalue weighted by Gasteiger charge is -2.08. The molecule has 0 unspecified atom stereocenters. The molecule has 0 rings (SSSR count). The van der Waals surface area contributed by atoms with Crippen molar-refractivity contribution in [3.05, 3.63) is 0 Å². The smallest absolute Gasteiger partial charge is 0.421 e. The standard InChI is InChI=1S/C5H10N2O4/c1-3(4(8)9)6-7-5(10)11-2/h3,6H,1-2H3,(H,7,10)(H,8,9)/t3-/m0/s1. The summed E-state index contributed by atoms with van der Waals surface area (Å²) in [6.07, 6.45) is -0.724. The van der Waals surface area contributed by atoms with Gasteiger partial charge >= 0.3 is 12.1 Å². The van der Waals surface area contributed by atoms with Crippen LogP contribution in [0.4, 0.5) is 4.79 Å². The minimum absolute atomic E-state index is 0.724. The number of nitrogens with one attached hydrogen (secondary N) is 2. The minimum Gasteiger partial charge on any atom is -0.480 e. The van der Waals surface area contributed by atoms with Crippen LogP contribution in [0.3, 0.4) is 0 Å². The molecule has 0 aromatic carbocycles. The lowest BCUT2D eigenvalue weighted by molar-refractivity contribution is -0.139. The Bertz CT molecular complexity index is 159. The Morgan fingerprint density at radius 3 is 2.45 bits per heavy atom. The van der Waals surface area contributed by atoms with Crippen molar-refractivity contribution >= 4 is 12.1 Å². The maximum atomic E-state index is 10.4. The molecule has 0 aromatic rings. The van der Waals surface area contributed by atoms with Gasteiger partial charge in [0.25, 0.3) is 0 Å². The van der Waals surface area contributed by atoms with Crippen LogP contribution >= 0.6 is 0 Å². The van der Waals surface area contributed by atoms with Crippen molar-refractivity contribution in [2.45, 2.75) is 13.0 Å². The van der Waals surface area contributed by atoms with Gasteiger partial charge in [-0.25, -0.2) is 10.2 Å². The molecule has 0 heterocycles. The highest BCUT2D eigenvalue weighted by atomic mass is 16.5. The summed E-state index contributed by atoms with van der Waals surface area (Å²) in [5.41, 5.74) is 4.23. The summed E-state index contributed by atoms with van der Waals surface area (Å²) in [4.78, 5) is 20.5. The second kappa shape index (κ2) is 4.51. The van der Waals surface area contributed by atoms with Crippen LogP contribution in [0.25, 0.3) is 0 Å². The molecule has 64 valence electrons. The fourth-order valence-electron chi connectivity index (χ4n) is 0.280. The van der Waals surface area contributed by atoms with Crippen molar-refractivity contribution in [2.75, 3.05) is 7.11 Å². The van der Waals surface area contributed by atoms with E-state index < -0.39 is 18.1 Å². The number of hydrogen-bond acceptors (Lipinski definition) is 4. The van der Waals surface area contributed by atoms with E-state index in [0.717, 1.165) is 0 Å². The van der Waals surface area contributed by atoms with Gasteiger partial charge in [0.2, 0.25) is 0 Å². The molecule has 3 N–H and O–H groups in total. The molecule has 0 saturated carbocycles. The molecule has 0 saturated heterocycles. The highest BCUT2D eigenvalue weighted by Gasteiger charge is 2.10. The first-order chi connectivity index (χ1) is 5.07. The lowest BCUT2D eigenvalue weighted by atomic mass is 10.4. The zero-order valence-corrected chi connectivity index (χ0v) is 6.25. The Morgan fingerprint density at radius 2 is 2.09 bits per heavy atom. The van der Waals surface area contributed by atoms with Crippen molar-refractivity contribution in [3.8, 4) is 0 Å². The van der Waals surface area contributed by atoms with E-state index in [1.807, 2.05) is 5.43 Å². The van der Waals surface area contributed by atoms with Crippen LogP contribution in [0.15, 0.2) is 0 Å². The number of hydrogen-bond donors (Lipinski definition) is 3. The van der Waals surface area contributed by atoms with Crippen LogP contribution in [0.2, 0.25) is 0 Å². The van der Waals surface area contributed by atoms with Gasteiger partial charge in [-0.1, -0.05) is 0 Å². The number of carboxylic acids is 1. The number of hydrazine groups is 1. The van der Waals surface area contributed by atoms with Crippen molar-refractivity contribution < 1.29 is 19.4 Å². The summed E-state index contributed by atoms with van der Waals surface area (Å²) in [5.74, 6) is -1.05. The van der Waals surface area contributed by atoms with E-state index in [9.17, 15) is 9.59 Å². The summed E-state index contributed by atoms with van der Waals surface area (Å²) < 4.78 is 4.17. The minimum atomic E-state index is -1.05. The molecular weight excluding hydrogens is 152 g/mol. The summed E-state index contributed by atoms with van der Waals surface area (Å²) in [5, 5.41) is 8.31. The zero-order chi connectivity index (χ0) is 8.85. The van der Waals surface area contributed by atoms with Crippen LogP contribution in [-0.2, 0) is 9.53 Å². The summed E-state index contributed by atoms with van der Waals surface area (Å²) >= 11 is 0. The van der Waals surface area contributed by atoms with E-state index >= 15 is 0 Å². The largest absolute Gasteiger partial charge is 0.480 e. The van der Waals surface area contributed by atoms with Gasteiger partial charge in [-0.05, 0) is 6.92 Å². The van der Waals surface area contributed by atoms with E-state index in [-0.39, 0.29) is 0 Å². The number of ether oxygens (including phenoxy) is 1. The monoisotopic (exact) mass is 162 g/mol. The van der Waals surface area contributed by atoms with Crippen molar-refractivity contribution in [1.82, 2.24) is 10.9 Å². The first kappa shape index (κ1) is 9.70. The van der Waals surface area contributed by atoms with Crippen molar-refractivity contribution in [1.29, 1.82) is 0 Å². The second-order valence-electron chi connectivity index (χ2n) is 1.82. The predicted octanol–water partition coefficient (Wildman–Crippen LogP) is -0.680. The molecule has 0 fully saturated rings. The first-order valence-electron chi connectivity index (χ1n) is 2.90. The predicted molar refractivity (Wildman–Crippen MR) is 35.8 cm³/mol. The van der Waals surface area contributed by atoms with Crippen molar-refractivity contribution in [3.63, 3.8) is 0 Å². The number of methoxy groups -OCH3 is 1. The summed E-state index contributed by atoms with van der Waals surface area (Å²) in [6.45, 7) is 1.39. The molecule has 1 amide bonds. The molecule has 1 atom stereocenters. The third-order valence-electron chi connectivity index (χ3n) is 0.947. The molecule has 0 bridgehead atoms. The molecule has 0 aliphatic heterocycles. The van der Waals surface area contributed by atoms with Gasteiger partial charge < -0.3 is 9.84 Å². The Kier molecular flexibility index (Phi) is 3.97. The van der Waals surface area contributed by atoms with Gasteiger partial charge in [0.1, 0.15) is 6.04 Å². The van der Waals surface area contributed by atoms with Gasteiger partial charge in [0, 0.05) is 0 Å². The molecule has 11 heavy (non-hydrogen) atoms. The number of rotatable bonds is 3. The van der Waals surface area contributed by atoms with Gasteiger partial charge in [-0.2, -0.15) is 0 Å². The summed E-state index contributed by atoms with van der Waals surface area (Å²) in [7, 11) is 1.18. The van der Waals surface area contributed by atoms with Crippen LogP contribution < -0.4 is 10.9 Å². The number of amides is 1. The van der Waals surface area contributed by atoms with Gasteiger partial charge in [0.05, 0.1) is 7.11 Å². The van der Waals surface area contributed by atoms with Gasteiger partial charge in [0.15, 0.2) is 0 Å². The van der Waals surface area contributed by atoms with E-state index in [0.29, 0.717) is 0 Å². The third kappa shape index (κ3) is 4.15. The van der Waals surface area contributed by atoms with E-state index in [4.69, 9.17) is 5.11 Å². The quantitative estimate of drug-likeness (QED) is 0.478. The average molecular weight is 162 g/mol. The normalized spacial score (nSPS) is 11.8. The fraction of sp³-hybridized carbons (Fsp3) is 0.600. The zero-order valence-electron chi connectivity index (χ0n) is 6.25. The lowest BCUT2D eigenvalue weighted by Crippen LogP contribution is -2.46. The molecule has 0 radical (unpaired) electrons. The van der Waals surface area contributed by atoms with Crippen LogP contribution in [0.1, 0.15) is 6.92 Å². The van der Waals surface area contributed by atoms with Crippen LogP contribution in [0.5, 0.6) is 0 Å². The molecule has 0 aliphatic rings. The summed E-state index contributed by atoms with van der Waals surface area (Å²) in [6, 6.07) is -0.839. The molecule has 6 nitrogen and oxygen atoms in total. The van der Waals surface area contributed by atoms with E-state index in [1.165, 1.54) is 14.0 Å². The number of aliphatic carboxylic acids is 1. The third-order valence-corrected chi connectivity index (χ3v) is 0.947. The molecular formula is C5H10N2O4. The SMILES string of the molecule is COC(=O)NN[C@@H](C)C(=O)O. The molecule has 6 heteroatoms. The van der Waals surface area contributed by atoms with Crippen molar-refractivity contribution in [2.24, 2.45) is 0 Å². The van der Waals surface area contributed by atoms with Gasteiger partial charge in [-0.15, -0.1) is 0 Å². The Hall–Kier alpha value is -1.30. The first-order valence-corrected chi connectivity index (χ1v) is 2.90. The highest BCUT2D eigenvalue weighted by Crippen LogP contribution is 1.77. The maximum absolute atomic E-state index is 10.4. The van der Waals surface area contributed by atoms with E-state index in [1.54, 1.807) is 0 Å². The van der Waals surface area contributed by atoms with Crippen LogP contribution in [0, 0.1) is 0 Å². The van der Waals surface area contributed by atoms with Gasteiger partial charge in [-0.3, -0.25) is 10.2 Å². The number of carbonyl (C=O) groups excluding carboxylic acids is 1. The Labute approximate surface area is 63.5 Å². The second-order valence-corrected chi connectivity index (χ2v) is 1.82. The van der Waals surface area contributed by atoms with E-state index in [2.05, 4.69) is 10.2 Å². The maximum Gasteiger partial charge on any atom is 0.421 e. The number of carbonyl (C=O) groups is 2.